The Kier molecular flexibility index (Phi) is 15.4. The van der Waals surface area contributed by atoms with Crippen molar-refractivity contribution in [2.24, 2.45) is 0 Å². The van der Waals surface area contributed by atoms with Crippen molar-refractivity contribution < 1.29 is 85.8 Å². The number of carbonyl (C=O) groups excluding carboxylic acids is 2. The quantitative estimate of drug-likeness (QED) is 0.0853. The number of hydrogen-bond acceptors (Lipinski definition) is 16. The molecule has 4 heterocycles. The van der Waals surface area contributed by atoms with Gasteiger partial charge in [0.25, 0.3) is 11.8 Å². The summed E-state index contributed by atoms with van der Waals surface area (Å²) >= 11 is 8.47. The average Bonchev–Trinajstić information content (AvgIpc) is 3.03. The van der Waals surface area contributed by atoms with Crippen molar-refractivity contribution in [3.63, 3.8) is 0 Å². The Morgan fingerprint density at radius 2 is 1.02 bits per heavy atom. The topological polar surface area (TPSA) is 293 Å². The largest absolute Gasteiger partial charge is 2.00 e. The van der Waals surface area contributed by atoms with Crippen molar-refractivity contribution in [2.45, 2.75) is 72.8 Å². The van der Waals surface area contributed by atoms with Crippen LogP contribution in [0, 0.1) is 0 Å². The van der Waals surface area contributed by atoms with Gasteiger partial charge in [0.05, 0.1) is 36.0 Å². The van der Waals surface area contributed by atoms with Crippen LogP contribution in [-0.4, -0.2) is 137 Å². The van der Waals surface area contributed by atoms with Crippen LogP contribution in [0.25, 0.3) is 11.4 Å². The van der Waals surface area contributed by atoms with E-state index in [1.54, 1.807) is 0 Å². The standard InChI is InChI=1S/C26H34N4O12S2.O.Pd/c31-5-15-19(33)21(35)17(25(39)41-15)29-23(37)9-1-11(7-43)27-13(3-9)14-4-10(2-12(8-44)28-14)24(38)30-18-22(36)20(34)16(6-32)42-26(18)40;;/h1-4,15-22,25-26,31-36,39-40,43-44H,5-8H2,(H,29,37)(H,30,38);;/q;-2;+2/t15?,16?,17-,18-,19-,20-,21?,22?,25+,26+;;/m0../s1. The minimum Gasteiger partial charge on any atom is -2.00 e. The van der Waals surface area contributed by atoms with Gasteiger partial charge in [-0.05, 0) is 24.3 Å². The number of aromatic nitrogens is 2. The first kappa shape index (κ1) is 40.3. The molecule has 46 heavy (non-hydrogen) atoms. The van der Waals surface area contributed by atoms with Crippen molar-refractivity contribution in [3.8, 4) is 11.4 Å². The third-order valence-corrected chi connectivity index (χ3v) is 7.91. The molecule has 0 aliphatic carbocycles. The first-order valence-electron chi connectivity index (χ1n) is 13.4. The van der Waals surface area contributed by atoms with Gasteiger partial charge in [0, 0.05) is 22.6 Å². The Morgan fingerprint density at radius 1 is 0.674 bits per heavy atom. The van der Waals surface area contributed by atoms with Crippen LogP contribution in [0.1, 0.15) is 32.1 Å². The van der Waals surface area contributed by atoms with E-state index in [0.717, 1.165) is 0 Å². The van der Waals surface area contributed by atoms with Gasteiger partial charge < -0.3 is 66.4 Å². The van der Waals surface area contributed by atoms with E-state index in [9.17, 15) is 50.4 Å². The van der Waals surface area contributed by atoms with Crippen LogP contribution in [0.15, 0.2) is 24.3 Å². The molecule has 4 unspecified atom stereocenters. The Labute approximate surface area is 286 Å². The van der Waals surface area contributed by atoms with Crippen molar-refractivity contribution >= 4 is 37.1 Å². The summed E-state index contributed by atoms with van der Waals surface area (Å²) in [5.41, 5.74) is 0.892. The van der Waals surface area contributed by atoms with Crippen LogP contribution in [0.3, 0.4) is 0 Å². The number of aliphatic hydroxyl groups is 8. The Bertz CT molecular complexity index is 1250. The molecule has 17 nitrogen and oxygen atoms in total. The SMILES string of the molecule is O=C(N[C@H]1C(O)[C@@H](O)C(CO)O[C@H]1O)c1cc(CS)nc(-c2cc(C(=O)N[C@H]3C(O)[C@@H](O)C(CO)O[C@H]3O)cc(CS)n2)c1.[O-2].[Pd+2]. The summed E-state index contributed by atoms with van der Waals surface area (Å²) in [4.78, 5) is 35.3. The second-order valence-electron chi connectivity index (χ2n) is 10.2. The maximum absolute atomic E-state index is 13.2. The van der Waals surface area contributed by atoms with Gasteiger partial charge in [-0.1, -0.05) is 0 Å². The summed E-state index contributed by atoms with van der Waals surface area (Å²) in [5, 5.41) is 85.0. The molecule has 0 bridgehead atoms. The van der Waals surface area contributed by atoms with Crippen LogP contribution in [0.4, 0.5) is 0 Å². The van der Waals surface area contributed by atoms with Crippen LogP contribution in [0.5, 0.6) is 0 Å². The Morgan fingerprint density at radius 3 is 1.33 bits per heavy atom. The summed E-state index contributed by atoms with van der Waals surface area (Å²) in [6.07, 6.45) is -12.5. The second-order valence-corrected chi connectivity index (χ2v) is 10.9. The first-order chi connectivity index (χ1) is 20.9. The van der Waals surface area contributed by atoms with Crippen LogP contribution in [0.2, 0.25) is 0 Å². The molecule has 20 heteroatoms. The van der Waals surface area contributed by atoms with E-state index in [4.69, 9.17) is 9.47 Å². The normalized spacial score (nSPS) is 30.8. The number of thiol groups is 2. The van der Waals surface area contributed by atoms with Crippen molar-refractivity contribution in [3.05, 3.63) is 46.8 Å². The molecule has 2 fully saturated rings. The van der Waals surface area contributed by atoms with E-state index in [1.807, 2.05) is 0 Å². The van der Waals surface area contributed by atoms with E-state index in [-0.39, 0.29) is 59.9 Å². The molecule has 2 amide bonds. The molecule has 0 aromatic carbocycles. The smallest absolute Gasteiger partial charge is 2.00 e. The van der Waals surface area contributed by atoms with Gasteiger partial charge in [-0.3, -0.25) is 19.6 Å². The van der Waals surface area contributed by atoms with Gasteiger partial charge in [-0.15, -0.1) is 0 Å². The molecule has 4 rings (SSSR count). The zero-order valence-corrected chi connectivity index (χ0v) is 27.0. The monoisotopic (exact) mass is 780 g/mol. The minimum absolute atomic E-state index is 0. The molecular formula is C26H34N4O13PdS2. The van der Waals surface area contributed by atoms with E-state index < -0.39 is 86.3 Å². The van der Waals surface area contributed by atoms with Gasteiger partial charge in [-0.2, -0.15) is 25.3 Å². The Hall–Kier alpha value is -1.84. The van der Waals surface area contributed by atoms with Crippen molar-refractivity contribution in [1.82, 2.24) is 20.6 Å². The van der Waals surface area contributed by atoms with Crippen LogP contribution < -0.4 is 10.6 Å². The molecule has 0 saturated carbocycles. The minimum atomic E-state index is -1.74. The number of rotatable bonds is 9. The zero-order valence-electron chi connectivity index (χ0n) is 23.6. The molecule has 258 valence electrons. The summed E-state index contributed by atoms with van der Waals surface area (Å²) < 4.78 is 10.2. The van der Waals surface area contributed by atoms with Crippen molar-refractivity contribution in [2.75, 3.05) is 13.2 Å². The summed E-state index contributed by atoms with van der Waals surface area (Å²) in [6, 6.07) is 2.56. The molecule has 2 saturated heterocycles. The van der Waals surface area contributed by atoms with E-state index in [2.05, 4.69) is 45.9 Å². The average molecular weight is 781 g/mol. The number of hydrogen-bond donors (Lipinski definition) is 12. The fraction of sp³-hybridized carbons (Fsp3) is 0.538. The maximum Gasteiger partial charge on any atom is 2.00 e. The zero-order chi connectivity index (χ0) is 32.3. The number of nitrogens with one attached hydrogen (secondary N) is 2. The Balaban J connectivity index is 0.00000368. The van der Waals surface area contributed by atoms with E-state index in [0.29, 0.717) is 11.4 Å². The van der Waals surface area contributed by atoms with E-state index in [1.165, 1.54) is 24.3 Å². The second kappa shape index (κ2) is 17.5. The maximum atomic E-state index is 13.2. The number of aliphatic hydroxyl groups excluding tert-OH is 8. The van der Waals surface area contributed by atoms with E-state index >= 15 is 0 Å². The molecule has 2 aromatic rings. The molecule has 2 aromatic heterocycles. The van der Waals surface area contributed by atoms with Gasteiger partial charge in [0.1, 0.15) is 48.7 Å². The number of ether oxygens (including phenoxy) is 2. The molecular weight excluding hydrogens is 747 g/mol. The van der Waals surface area contributed by atoms with Gasteiger partial charge in [0.2, 0.25) is 0 Å². The van der Waals surface area contributed by atoms with Gasteiger partial charge in [0.15, 0.2) is 12.6 Å². The predicted molar refractivity (Wildman–Crippen MR) is 156 cm³/mol. The predicted octanol–water partition coefficient (Wildman–Crippen LogP) is -4.06. The molecule has 2 aliphatic rings. The molecule has 0 spiro atoms. The third-order valence-electron chi connectivity index (χ3n) is 7.26. The fourth-order valence-electron chi connectivity index (χ4n) is 4.84. The molecule has 10 N–H and O–H groups in total. The third kappa shape index (κ3) is 8.79. The summed E-state index contributed by atoms with van der Waals surface area (Å²) in [6.45, 7) is -1.34. The van der Waals surface area contributed by atoms with Crippen LogP contribution in [-0.2, 0) is 46.9 Å². The number of pyridine rings is 2. The molecule has 10 atom stereocenters. The summed E-state index contributed by atoms with van der Waals surface area (Å²) in [7, 11) is 0. The molecule has 2 aliphatic heterocycles. The molecule has 0 radical (unpaired) electrons. The number of nitrogens with zero attached hydrogens (tertiary/aromatic N) is 2. The van der Waals surface area contributed by atoms with Gasteiger partial charge in [-0.25, -0.2) is 0 Å². The first-order valence-corrected chi connectivity index (χ1v) is 14.7. The number of carbonyl (C=O) groups is 2. The number of amides is 2. The van der Waals surface area contributed by atoms with Crippen molar-refractivity contribution in [1.29, 1.82) is 0 Å². The van der Waals surface area contributed by atoms with Gasteiger partial charge >= 0.3 is 20.4 Å². The fourth-order valence-corrected chi connectivity index (χ4v) is 5.16. The summed E-state index contributed by atoms with van der Waals surface area (Å²) in [5.74, 6) is -1.42. The van der Waals surface area contributed by atoms with Crippen LogP contribution >= 0.6 is 25.3 Å².